The van der Waals surface area contributed by atoms with Crippen LogP contribution in [-0.2, 0) is 19.0 Å². The lowest BCUT2D eigenvalue weighted by Gasteiger charge is -2.21. The number of carbonyl (C=O) groups is 2. The predicted molar refractivity (Wildman–Crippen MR) is 82.8 cm³/mol. The van der Waals surface area contributed by atoms with Gasteiger partial charge in [-0.1, -0.05) is 32.0 Å². The second-order valence-electron chi connectivity index (χ2n) is 5.23. The summed E-state index contributed by atoms with van der Waals surface area (Å²) in [5, 5.41) is 0. The molecule has 0 N–H and O–H groups in total. The Kier molecular flexibility index (Phi) is 7.77. The molecule has 122 valence electrons. The molecular formula is C17H24O5. The number of ether oxygens (including phenoxy) is 3. The molecule has 0 aliphatic carbocycles. The highest BCUT2D eigenvalue weighted by Gasteiger charge is 2.28. The number of benzene rings is 1. The van der Waals surface area contributed by atoms with Gasteiger partial charge < -0.3 is 14.2 Å². The van der Waals surface area contributed by atoms with E-state index in [0.29, 0.717) is 30.8 Å². The third kappa shape index (κ3) is 4.93. The van der Waals surface area contributed by atoms with E-state index >= 15 is 0 Å². The lowest BCUT2D eigenvalue weighted by Crippen LogP contribution is -2.24. The van der Waals surface area contributed by atoms with Gasteiger partial charge in [0, 0.05) is 25.2 Å². The van der Waals surface area contributed by atoms with E-state index in [4.69, 9.17) is 14.2 Å². The summed E-state index contributed by atoms with van der Waals surface area (Å²) in [5.74, 6) is -0.732. The molecule has 5 heteroatoms. The van der Waals surface area contributed by atoms with Gasteiger partial charge in [0.25, 0.3) is 0 Å². The summed E-state index contributed by atoms with van der Waals surface area (Å²) in [4.78, 5) is 24.4. The Labute approximate surface area is 131 Å². The minimum Gasteiger partial charge on any atom is -0.465 e. The van der Waals surface area contributed by atoms with Crippen molar-refractivity contribution in [3.05, 3.63) is 35.4 Å². The second kappa shape index (κ2) is 9.33. The van der Waals surface area contributed by atoms with Crippen LogP contribution in [0.5, 0.6) is 0 Å². The molecule has 0 fully saturated rings. The van der Waals surface area contributed by atoms with Crippen LogP contribution in [0, 0.1) is 5.92 Å². The van der Waals surface area contributed by atoms with Crippen LogP contribution in [0.1, 0.15) is 42.3 Å². The zero-order valence-electron chi connectivity index (χ0n) is 13.6. The first-order chi connectivity index (χ1) is 10.5. The molecule has 0 aliphatic heterocycles. The van der Waals surface area contributed by atoms with Gasteiger partial charge in [0.15, 0.2) is 5.78 Å². The lowest BCUT2D eigenvalue weighted by molar-refractivity contribution is -0.134. The quantitative estimate of drug-likeness (QED) is 0.518. The van der Waals surface area contributed by atoms with E-state index in [2.05, 4.69) is 0 Å². The van der Waals surface area contributed by atoms with Crippen molar-refractivity contribution >= 4 is 11.8 Å². The van der Waals surface area contributed by atoms with Gasteiger partial charge in [-0.05, 0) is 12.5 Å². The molecule has 22 heavy (non-hydrogen) atoms. The van der Waals surface area contributed by atoms with Crippen molar-refractivity contribution in [1.82, 2.24) is 0 Å². The Morgan fingerprint density at radius 2 is 1.77 bits per heavy atom. The van der Waals surface area contributed by atoms with Crippen molar-refractivity contribution in [2.24, 2.45) is 5.92 Å². The van der Waals surface area contributed by atoms with Gasteiger partial charge in [0.1, 0.15) is 6.10 Å². The fraction of sp³-hybridized carbons (Fsp3) is 0.529. The largest absolute Gasteiger partial charge is 0.465 e. The average molecular weight is 308 g/mol. The lowest BCUT2D eigenvalue weighted by atomic mass is 9.94. The second-order valence-corrected chi connectivity index (χ2v) is 5.23. The minimum atomic E-state index is -0.771. The van der Waals surface area contributed by atoms with Crippen LogP contribution >= 0.6 is 0 Å². The van der Waals surface area contributed by atoms with E-state index in [1.54, 1.807) is 31.4 Å². The SMILES string of the molecule is COCCCOC(C(=O)C(C)C)c1ccccc1C(=O)OC. The van der Waals surface area contributed by atoms with Gasteiger partial charge >= 0.3 is 5.97 Å². The van der Waals surface area contributed by atoms with Crippen LogP contribution in [0.3, 0.4) is 0 Å². The summed E-state index contributed by atoms with van der Waals surface area (Å²) in [7, 11) is 2.93. The molecule has 0 bridgehead atoms. The highest BCUT2D eigenvalue weighted by atomic mass is 16.5. The fourth-order valence-corrected chi connectivity index (χ4v) is 2.05. The third-order valence-electron chi connectivity index (χ3n) is 3.25. The van der Waals surface area contributed by atoms with E-state index in [9.17, 15) is 9.59 Å². The number of rotatable bonds is 9. The molecule has 1 aromatic rings. The Bertz CT molecular complexity index is 496. The smallest absolute Gasteiger partial charge is 0.338 e. The van der Waals surface area contributed by atoms with Crippen LogP contribution in [0.25, 0.3) is 0 Å². The van der Waals surface area contributed by atoms with Crippen molar-refractivity contribution in [3.63, 3.8) is 0 Å². The highest BCUT2D eigenvalue weighted by molar-refractivity contribution is 5.94. The Hall–Kier alpha value is -1.72. The van der Waals surface area contributed by atoms with E-state index in [-0.39, 0.29) is 11.7 Å². The zero-order valence-corrected chi connectivity index (χ0v) is 13.6. The Balaban J connectivity index is 3.05. The number of esters is 1. The maximum absolute atomic E-state index is 12.5. The standard InChI is InChI=1S/C17H24O5/c1-12(2)15(18)16(22-11-7-10-20-3)13-8-5-6-9-14(13)17(19)21-4/h5-6,8-9,12,16H,7,10-11H2,1-4H3. The van der Waals surface area contributed by atoms with Gasteiger partial charge in [0.05, 0.1) is 19.3 Å². The molecule has 1 unspecified atom stereocenters. The number of hydrogen-bond donors (Lipinski definition) is 0. The van der Waals surface area contributed by atoms with Gasteiger partial charge in [-0.25, -0.2) is 4.79 Å². The topological polar surface area (TPSA) is 61.8 Å². The van der Waals surface area contributed by atoms with Crippen LogP contribution in [0.4, 0.5) is 0 Å². The maximum atomic E-state index is 12.5. The van der Waals surface area contributed by atoms with Crippen molar-refractivity contribution < 1.29 is 23.8 Å². The zero-order chi connectivity index (χ0) is 16.5. The molecule has 1 rings (SSSR count). The molecule has 0 saturated heterocycles. The van der Waals surface area contributed by atoms with Gasteiger partial charge in [-0.3, -0.25) is 4.79 Å². The van der Waals surface area contributed by atoms with E-state index in [0.717, 1.165) is 0 Å². The Morgan fingerprint density at radius 1 is 1.09 bits per heavy atom. The van der Waals surface area contributed by atoms with Crippen LogP contribution in [0.15, 0.2) is 24.3 Å². The van der Waals surface area contributed by atoms with Crippen molar-refractivity contribution in [1.29, 1.82) is 0 Å². The molecule has 0 aliphatic rings. The molecule has 5 nitrogen and oxygen atoms in total. The van der Waals surface area contributed by atoms with Crippen molar-refractivity contribution in [2.45, 2.75) is 26.4 Å². The van der Waals surface area contributed by atoms with Crippen LogP contribution in [-0.4, -0.2) is 39.2 Å². The van der Waals surface area contributed by atoms with E-state index in [1.807, 2.05) is 13.8 Å². The van der Waals surface area contributed by atoms with Gasteiger partial charge in [0.2, 0.25) is 0 Å². The Morgan fingerprint density at radius 3 is 2.36 bits per heavy atom. The van der Waals surface area contributed by atoms with E-state index in [1.165, 1.54) is 7.11 Å². The number of carbonyl (C=O) groups excluding carboxylic acids is 2. The van der Waals surface area contributed by atoms with Gasteiger partial charge in [-0.2, -0.15) is 0 Å². The summed E-state index contributed by atoms with van der Waals surface area (Å²) in [5.41, 5.74) is 0.904. The van der Waals surface area contributed by atoms with Crippen molar-refractivity contribution in [2.75, 3.05) is 27.4 Å². The molecule has 0 amide bonds. The summed E-state index contributed by atoms with van der Waals surface area (Å²) in [6.45, 7) is 4.57. The third-order valence-corrected chi connectivity index (χ3v) is 3.25. The maximum Gasteiger partial charge on any atom is 0.338 e. The monoisotopic (exact) mass is 308 g/mol. The molecule has 1 atom stereocenters. The summed E-state index contributed by atoms with van der Waals surface area (Å²) in [6, 6.07) is 6.88. The normalized spacial score (nSPS) is 12.2. The number of methoxy groups -OCH3 is 2. The predicted octanol–water partition coefficient (Wildman–Crippen LogP) is 2.79. The highest BCUT2D eigenvalue weighted by Crippen LogP contribution is 2.26. The molecule has 0 spiro atoms. The van der Waals surface area contributed by atoms with Crippen LogP contribution < -0.4 is 0 Å². The minimum absolute atomic E-state index is 0.0613. The summed E-state index contributed by atoms with van der Waals surface area (Å²) in [6.07, 6.45) is -0.0918. The first-order valence-corrected chi connectivity index (χ1v) is 7.34. The number of hydrogen-bond acceptors (Lipinski definition) is 5. The average Bonchev–Trinajstić information content (AvgIpc) is 2.53. The molecule has 0 heterocycles. The summed E-state index contributed by atoms with van der Waals surface area (Å²) < 4.78 is 15.5. The molecule has 0 saturated carbocycles. The molecular weight excluding hydrogens is 284 g/mol. The van der Waals surface area contributed by atoms with Crippen LogP contribution in [0.2, 0.25) is 0 Å². The number of ketones is 1. The van der Waals surface area contributed by atoms with E-state index < -0.39 is 12.1 Å². The molecule has 1 aromatic carbocycles. The first kappa shape index (κ1) is 18.3. The molecule has 0 aromatic heterocycles. The van der Waals surface area contributed by atoms with Gasteiger partial charge in [-0.15, -0.1) is 0 Å². The number of Topliss-reactive ketones (excluding diaryl/α,β-unsaturated/α-hetero) is 1. The summed E-state index contributed by atoms with van der Waals surface area (Å²) >= 11 is 0. The molecule has 0 radical (unpaired) electrons. The van der Waals surface area contributed by atoms with Crippen molar-refractivity contribution in [3.8, 4) is 0 Å². The fourth-order valence-electron chi connectivity index (χ4n) is 2.05. The first-order valence-electron chi connectivity index (χ1n) is 7.34.